The molecular weight excluding hydrogens is 164 g/mol. The monoisotopic (exact) mass is 184 g/mol. The van der Waals surface area contributed by atoms with E-state index >= 15 is 0 Å². The van der Waals surface area contributed by atoms with Crippen molar-refractivity contribution in [2.45, 2.75) is 12.8 Å². The molecule has 0 N–H and O–H groups in total. The van der Waals surface area contributed by atoms with E-state index in [0.717, 1.165) is 18.7 Å². The number of likely N-dealkylation sites (N-methyl/N-ethyl adjacent to an activating group) is 1. The Bertz CT molecular complexity index is 161. The molecule has 13 heavy (non-hydrogen) atoms. The van der Waals surface area contributed by atoms with Crippen LogP contribution in [0.3, 0.4) is 0 Å². The smallest absolute Gasteiger partial charge is 0.133 e. The normalized spacial score (nSPS) is 25.0. The lowest BCUT2D eigenvalue weighted by molar-refractivity contribution is -0.108. The Kier molecular flexibility index (Phi) is 4.39. The van der Waals surface area contributed by atoms with E-state index in [1.807, 2.05) is 7.05 Å². The van der Waals surface area contributed by atoms with E-state index in [1.165, 1.54) is 25.9 Å². The van der Waals surface area contributed by atoms with Crippen molar-refractivity contribution in [3.05, 3.63) is 0 Å². The third-order valence-corrected chi connectivity index (χ3v) is 2.68. The maximum atomic E-state index is 10.3. The molecule has 0 saturated carbocycles. The SMILES string of the molecule is CN(CC=O)CC1CCCN(C)C1. The van der Waals surface area contributed by atoms with Gasteiger partial charge >= 0.3 is 0 Å². The summed E-state index contributed by atoms with van der Waals surface area (Å²) in [7, 11) is 4.19. The van der Waals surface area contributed by atoms with Crippen LogP contribution in [0, 0.1) is 5.92 Å². The maximum Gasteiger partial charge on any atom is 0.133 e. The molecule has 0 aromatic heterocycles. The molecule has 3 heteroatoms. The molecule has 1 saturated heterocycles. The van der Waals surface area contributed by atoms with Gasteiger partial charge in [0.2, 0.25) is 0 Å². The molecule has 1 unspecified atom stereocenters. The molecule has 76 valence electrons. The molecule has 1 atom stereocenters. The van der Waals surface area contributed by atoms with Gasteiger partial charge in [-0.25, -0.2) is 0 Å². The molecule has 1 fully saturated rings. The van der Waals surface area contributed by atoms with Gasteiger partial charge in [-0.3, -0.25) is 4.90 Å². The van der Waals surface area contributed by atoms with E-state index in [2.05, 4.69) is 16.8 Å². The summed E-state index contributed by atoms with van der Waals surface area (Å²) >= 11 is 0. The average Bonchev–Trinajstić information content (AvgIpc) is 2.04. The highest BCUT2D eigenvalue weighted by molar-refractivity contribution is 5.51. The summed E-state index contributed by atoms with van der Waals surface area (Å²) in [5.41, 5.74) is 0. The van der Waals surface area contributed by atoms with Crippen molar-refractivity contribution in [1.29, 1.82) is 0 Å². The van der Waals surface area contributed by atoms with E-state index in [9.17, 15) is 4.79 Å². The highest BCUT2D eigenvalue weighted by atomic mass is 16.1. The zero-order valence-electron chi connectivity index (χ0n) is 8.70. The number of likely N-dealkylation sites (tertiary alicyclic amines) is 1. The zero-order valence-corrected chi connectivity index (χ0v) is 8.70. The van der Waals surface area contributed by atoms with Crippen molar-refractivity contribution in [3.63, 3.8) is 0 Å². The number of carbonyl (C=O) groups excluding carboxylic acids is 1. The summed E-state index contributed by atoms with van der Waals surface area (Å²) in [6, 6.07) is 0. The van der Waals surface area contributed by atoms with Gasteiger partial charge in [0, 0.05) is 13.1 Å². The largest absolute Gasteiger partial charge is 0.306 e. The van der Waals surface area contributed by atoms with Gasteiger partial charge in [-0.2, -0.15) is 0 Å². The Hall–Kier alpha value is -0.410. The quantitative estimate of drug-likeness (QED) is 0.593. The van der Waals surface area contributed by atoms with Crippen molar-refractivity contribution in [3.8, 4) is 0 Å². The first-order valence-corrected chi connectivity index (χ1v) is 5.03. The average molecular weight is 184 g/mol. The van der Waals surface area contributed by atoms with Crippen LogP contribution in [0.5, 0.6) is 0 Å². The van der Waals surface area contributed by atoms with Crippen LogP contribution in [0.1, 0.15) is 12.8 Å². The minimum absolute atomic E-state index is 0.570. The van der Waals surface area contributed by atoms with Crippen LogP contribution in [0.25, 0.3) is 0 Å². The van der Waals surface area contributed by atoms with Crippen LogP contribution in [-0.4, -0.2) is 56.4 Å². The lowest BCUT2D eigenvalue weighted by Gasteiger charge is -2.31. The third-order valence-electron chi connectivity index (χ3n) is 2.68. The van der Waals surface area contributed by atoms with Crippen molar-refractivity contribution in [2.75, 3.05) is 40.3 Å². The predicted molar refractivity (Wildman–Crippen MR) is 53.8 cm³/mol. The molecule has 0 aromatic carbocycles. The van der Waals surface area contributed by atoms with E-state index in [-0.39, 0.29) is 0 Å². The fourth-order valence-electron chi connectivity index (χ4n) is 2.06. The number of carbonyl (C=O) groups is 1. The number of piperidine rings is 1. The second-order valence-corrected chi connectivity index (χ2v) is 4.16. The van der Waals surface area contributed by atoms with Gasteiger partial charge < -0.3 is 9.69 Å². The van der Waals surface area contributed by atoms with Crippen molar-refractivity contribution >= 4 is 6.29 Å². The van der Waals surface area contributed by atoms with Crippen molar-refractivity contribution in [1.82, 2.24) is 9.80 Å². The summed E-state index contributed by atoms with van der Waals surface area (Å²) < 4.78 is 0. The standard InChI is InChI=1S/C10H20N2O/c1-11-5-3-4-10(8-11)9-12(2)6-7-13/h7,10H,3-6,8-9H2,1-2H3. The Labute approximate surface area is 80.7 Å². The first-order chi connectivity index (χ1) is 6.22. The summed E-state index contributed by atoms with van der Waals surface area (Å²) in [5, 5.41) is 0. The molecule has 0 radical (unpaired) electrons. The number of nitrogens with zero attached hydrogens (tertiary/aromatic N) is 2. The minimum atomic E-state index is 0.570. The van der Waals surface area contributed by atoms with Crippen LogP contribution in [-0.2, 0) is 4.79 Å². The summed E-state index contributed by atoms with van der Waals surface area (Å²) in [6.45, 7) is 4.04. The van der Waals surface area contributed by atoms with Gasteiger partial charge in [-0.05, 0) is 39.4 Å². The molecule has 0 aromatic rings. The molecule has 0 bridgehead atoms. The van der Waals surface area contributed by atoms with Crippen LogP contribution in [0.2, 0.25) is 0 Å². The summed E-state index contributed by atoms with van der Waals surface area (Å²) in [6.07, 6.45) is 3.59. The molecule has 0 spiro atoms. The molecule has 3 nitrogen and oxygen atoms in total. The van der Waals surface area contributed by atoms with Crippen LogP contribution < -0.4 is 0 Å². The molecular formula is C10H20N2O. The molecule has 1 rings (SSSR count). The summed E-state index contributed by atoms with van der Waals surface area (Å²) in [4.78, 5) is 14.8. The topological polar surface area (TPSA) is 23.6 Å². The van der Waals surface area contributed by atoms with Gasteiger partial charge in [0.1, 0.15) is 6.29 Å². The second kappa shape index (κ2) is 5.35. The molecule has 1 aliphatic rings. The third kappa shape index (κ3) is 3.87. The van der Waals surface area contributed by atoms with Gasteiger partial charge in [0.05, 0.1) is 6.54 Å². The Morgan fingerprint density at radius 2 is 2.38 bits per heavy atom. The second-order valence-electron chi connectivity index (χ2n) is 4.16. The number of rotatable bonds is 4. The molecule has 0 amide bonds. The van der Waals surface area contributed by atoms with Gasteiger partial charge in [0.25, 0.3) is 0 Å². The number of hydrogen-bond acceptors (Lipinski definition) is 3. The summed E-state index contributed by atoms with van der Waals surface area (Å²) in [5.74, 6) is 0.753. The Morgan fingerprint density at radius 3 is 3.00 bits per heavy atom. The first-order valence-electron chi connectivity index (χ1n) is 5.03. The number of aldehydes is 1. The highest BCUT2D eigenvalue weighted by Crippen LogP contribution is 2.15. The van der Waals surface area contributed by atoms with Crippen LogP contribution in [0.4, 0.5) is 0 Å². The van der Waals surface area contributed by atoms with E-state index in [1.54, 1.807) is 0 Å². The van der Waals surface area contributed by atoms with Crippen molar-refractivity contribution in [2.24, 2.45) is 5.92 Å². The molecule has 0 aliphatic carbocycles. The fourth-order valence-corrected chi connectivity index (χ4v) is 2.06. The Balaban J connectivity index is 2.22. The highest BCUT2D eigenvalue weighted by Gasteiger charge is 2.17. The van der Waals surface area contributed by atoms with Gasteiger partial charge in [-0.1, -0.05) is 0 Å². The minimum Gasteiger partial charge on any atom is -0.306 e. The lowest BCUT2D eigenvalue weighted by atomic mass is 9.98. The first kappa shape index (κ1) is 10.7. The van der Waals surface area contributed by atoms with Crippen LogP contribution >= 0.6 is 0 Å². The predicted octanol–water partition coefficient (Wildman–Crippen LogP) is 0.459. The zero-order chi connectivity index (χ0) is 9.68. The van der Waals surface area contributed by atoms with Gasteiger partial charge in [0.15, 0.2) is 0 Å². The fraction of sp³-hybridized carbons (Fsp3) is 0.900. The van der Waals surface area contributed by atoms with E-state index in [0.29, 0.717) is 6.54 Å². The lowest BCUT2D eigenvalue weighted by Crippen LogP contribution is -2.38. The molecule has 1 heterocycles. The van der Waals surface area contributed by atoms with E-state index in [4.69, 9.17) is 0 Å². The molecule has 1 aliphatic heterocycles. The number of hydrogen-bond donors (Lipinski definition) is 0. The van der Waals surface area contributed by atoms with Crippen LogP contribution in [0.15, 0.2) is 0 Å². The van der Waals surface area contributed by atoms with E-state index < -0.39 is 0 Å². The van der Waals surface area contributed by atoms with Crippen molar-refractivity contribution < 1.29 is 4.79 Å². The Morgan fingerprint density at radius 1 is 1.62 bits per heavy atom. The maximum absolute atomic E-state index is 10.3. The van der Waals surface area contributed by atoms with Gasteiger partial charge in [-0.15, -0.1) is 0 Å².